The first-order valence-corrected chi connectivity index (χ1v) is 10.7. The van der Waals surface area contributed by atoms with Crippen LogP contribution in [-0.4, -0.2) is 46.0 Å². The Morgan fingerprint density at radius 1 is 1.06 bits per heavy atom. The van der Waals surface area contributed by atoms with Crippen LogP contribution in [0.4, 0.5) is 36.2 Å². The highest BCUT2D eigenvalue weighted by Crippen LogP contribution is 2.38. The molecule has 0 radical (unpaired) electrons. The molecule has 0 unspecified atom stereocenters. The number of anilines is 3. The van der Waals surface area contributed by atoms with Crippen LogP contribution in [0.3, 0.4) is 0 Å². The lowest BCUT2D eigenvalue weighted by molar-refractivity contribution is -0.383. The molecule has 2 aromatic carbocycles. The zero-order valence-corrected chi connectivity index (χ0v) is 18.6. The standard InChI is InChI=1S/C22H20ClF3N6O2/c23-17-7-6-16(22(24,25)26)12-18(17)29-20-19(32(33)34)21(28-14-27-20)31-10-8-30(9-11-31)13-15-4-2-1-3-5-15/h1-7,12,14H,8-11,13H2,(H,27,28,29). The normalized spacial score (nSPS) is 14.8. The van der Waals surface area contributed by atoms with Crippen LogP contribution in [0.25, 0.3) is 0 Å². The number of nitro groups is 1. The van der Waals surface area contributed by atoms with Gasteiger partial charge in [-0.15, -0.1) is 0 Å². The van der Waals surface area contributed by atoms with Gasteiger partial charge in [0.05, 0.1) is 21.2 Å². The molecular weight excluding hydrogens is 473 g/mol. The van der Waals surface area contributed by atoms with Crippen LogP contribution in [0.15, 0.2) is 54.9 Å². The summed E-state index contributed by atoms with van der Waals surface area (Å²) in [5.41, 5.74) is -0.330. The van der Waals surface area contributed by atoms with Crippen LogP contribution < -0.4 is 10.2 Å². The van der Waals surface area contributed by atoms with Gasteiger partial charge in [-0.05, 0) is 23.8 Å². The minimum absolute atomic E-state index is 0.0306. The summed E-state index contributed by atoms with van der Waals surface area (Å²) in [6, 6.07) is 12.7. The molecule has 12 heteroatoms. The molecule has 1 aliphatic heterocycles. The highest BCUT2D eigenvalue weighted by Gasteiger charge is 2.32. The van der Waals surface area contributed by atoms with E-state index in [-0.39, 0.29) is 22.3 Å². The maximum absolute atomic E-state index is 13.1. The third kappa shape index (κ3) is 5.37. The van der Waals surface area contributed by atoms with Crippen LogP contribution in [0.5, 0.6) is 0 Å². The summed E-state index contributed by atoms with van der Waals surface area (Å²) >= 11 is 6.04. The fourth-order valence-electron chi connectivity index (χ4n) is 3.74. The van der Waals surface area contributed by atoms with Crippen molar-refractivity contribution in [1.82, 2.24) is 14.9 Å². The largest absolute Gasteiger partial charge is 0.416 e. The van der Waals surface area contributed by atoms with E-state index in [1.54, 1.807) is 4.90 Å². The minimum Gasteiger partial charge on any atom is -0.348 e. The number of alkyl halides is 3. The molecule has 3 aromatic rings. The summed E-state index contributed by atoms with van der Waals surface area (Å²) in [5, 5.41) is 14.5. The van der Waals surface area contributed by atoms with E-state index in [1.165, 1.54) is 5.56 Å². The molecule has 0 amide bonds. The smallest absolute Gasteiger partial charge is 0.348 e. The van der Waals surface area contributed by atoms with Crippen LogP contribution in [0.2, 0.25) is 5.02 Å². The molecule has 1 fully saturated rings. The zero-order chi connectivity index (χ0) is 24.3. The second kappa shape index (κ2) is 9.82. The van der Waals surface area contributed by atoms with Crippen LogP contribution in [-0.2, 0) is 12.7 Å². The van der Waals surface area contributed by atoms with E-state index in [9.17, 15) is 23.3 Å². The molecule has 0 bridgehead atoms. The third-order valence-electron chi connectivity index (χ3n) is 5.45. The summed E-state index contributed by atoms with van der Waals surface area (Å²) in [5.74, 6) is -0.132. The molecule has 4 rings (SSSR count). The monoisotopic (exact) mass is 492 g/mol. The van der Waals surface area contributed by atoms with E-state index in [1.807, 2.05) is 30.3 Å². The number of piperazine rings is 1. The highest BCUT2D eigenvalue weighted by molar-refractivity contribution is 6.33. The molecule has 1 aromatic heterocycles. The summed E-state index contributed by atoms with van der Waals surface area (Å²) in [7, 11) is 0. The number of rotatable bonds is 6. The van der Waals surface area contributed by atoms with Gasteiger partial charge in [0.2, 0.25) is 11.6 Å². The quantitative estimate of drug-likeness (QED) is 0.377. The van der Waals surface area contributed by atoms with Crippen molar-refractivity contribution < 1.29 is 18.1 Å². The molecule has 2 heterocycles. The lowest BCUT2D eigenvalue weighted by atomic mass is 10.2. The number of nitrogens with zero attached hydrogens (tertiary/aromatic N) is 5. The fraction of sp³-hybridized carbons (Fsp3) is 0.273. The van der Waals surface area contributed by atoms with Gasteiger partial charge in [-0.2, -0.15) is 13.2 Å². The Balaban J connectivity index is 1.55. The van der Waals surface area contributed by atoms with Crippen molar-refractivity contribution in [2.24, 2.45) is 0 Å². The predicted octanol–water partition coefficient (Wildman–Crippen LogP) is 5.12. The predicted molar refractivity (Wildman–Crippen MR) is 122 cm³/mol. The Morgan fingerprint density at radius 3 is 2.41 bits per heavy atom. The molecule has 0 spiro atoms. The zero-order valence-electron chi connectivity index (χ0n) is 17.8. The van der Waals surface area contributed by atoms with E-state index in [4.69, 9.17) is 11.6 Å². The van der Waals surface area contributed by atoms with Crippen molar-refractivity contribution in [3.8, 4) is 0 Å². The van der Waals surface area contributed by atoms with Gasteiger partial charge in [-0.3, -0.25) is 15.0 Å². The summed E-state index contributed by atoms with van der Waals surface area (Å²) in [6.07, 6.45) is -3.45. The minimum atomic E-state index is -4.59. The fourth-order valence-corrected chi connectivity index (χ4v) is 3.91. The van der Waals surface area contributed by atoms with Crippen LogP contribution in [0, 0.1) is 10.1 Å². The van der Waals surface area contributed by atoms with Gasteiger partial charge in [-0.25, -0.2) is 9.97 Å². The maximum Gasteiger partial charge on any atom is 0.416 e. The van der Waals surface area contributed by atoms with Crippen molar-refractivity contribution in [3.63, 3.8) is 0 Å². The second-order valence-corrected chi connectivity index (χ2v) is 8.12. The molecule has 0 atom stereocenters. The molecule has 34 heavy (non-hydrogen) atoms. The van der Waals surface area contributed by atoms with Crippen molar-refractivity contribution in [3.05, 3.63) is 81.1 Å². The van der Waals surface area contributed by atoms with E-state index >= 15 is 0 Å². The van der Waals surface area contributed by atoms with Crippen LogP contribution >= 0.6 is 11.6 Å². The van der Waals surface area contributed by atoms with E-state index in [2.05, 4.69) is 20.2 Å². The van der Waals surface area contributed by atoms with Crippen molar-refractivity contribution in [2.75, 3.05) is 36.4 Å². The molecule has 8 nitrogen and oxygen atoms in total. The van der Waals surface area contributed by atoms with E-state index < -0.39 is 22.4 Å². The molecular formula is C22H20ClF3N6O2. The van der Waals surface area contributed by atoms with Gasteiger partial charge in [0.25, 0.3) is 0 Å². The van der Waals surface area contributed by atoms with Gasteiger partial charge in [0.1, 0.15) is 6.33 Å². The van der Waals surface area contributed by atoms with Gasteiger partial charge in [0, 0.05) is 32.7 Å². The summed E-state index contributed by atoms with van der Waals surface area (Å²) in [4.78, 5) is 23.3. The molecule has 0 aliphatic carbocycles. The first-order chi connectivity index (χ1) is 16.2. The van der Waals surface area contributed by atoms with Crippen molar-refractivity contribution >= 4 is 34.6 Å². The maximum atomic E-state index is 13.1. The third-order valence-corrected chi connectivity index (χ3v) is 5.78. The van der Waals surface area contributed by atoms with E-state index in [0.29, 0.717) is 26.2 Å². The highest BCUT2D eigenvalue weighted by atomic mass is 35.5. The Kier molecular flexibility index (Phi) is 6.85. The lowest BCUT2D eigenvalue weighted by Crippen LogP contribution is -2.46. The average molecular weight is 493 g/mol. The summed E-state index contributed by atoms with van der Waals surface area (Å²) in [6.45, 7) is 3.08. The molecule has 1 N–H and O–H groups in total. The number of halogens is 4. The first-order valence-electron chi connectivity index (χ1n) is 10.4. The summed E-state index contributed by atoms with van der Waals surface area (Å²) < 4.78 is 39.3. The Labute approximate surface area is 198 Å². The SMILES string of the molecule is O=[N+]([O-])c1c(Nc2cc(C(F)(F)F)ccc2Cl)ncnc1N1CCN(Cc2ccccc2)CC1. The molecule has 1 aliphatic rings. The number of benzene rings is 2. The molecule has 178 valence electrons. The Bertz CT molecular complexity index is 1170. The molecule has 0 saturated carbocycles. The number of nitrogens with one attached hydrogen (secondary N) is 1. The Hall–Kier alpha value is -3.44. The van der Waals surface area contributed by atoms with Crippen molar-refractivity contribution in [2.45, 2.75) is 12.7 Å². The van der Waals surface area contributed by atoms with Crippen molar-refractivity contribution in [1.29, 1.82) is 0 Å². The van der Waals surface area contributed by atoms with Gasteiger partial charge < -0.3 is 10.2 Å². The number of hydrogen-bond donors (Lipinski definition) is 1. The van der Waals surface area contributed by atoms with Gasteiger partial charge in [-0.1, -0.05) is 41.9 Å². The topological polar surface area (TPSA) is 87.4 Å². The van der Waals surface area contributed by atoms with Gasteiger partial charge >= 0.3 is 11.9 Å². The average Bonchev–Trinajstić information content (AvgIpc) is 2.80. The van der Waals surface area contributed by atoms with E-state index in [0.717, 1.165) is 31.1 Å². The lowest BCUT2D eigenvalue weighted by Gasteiger charge is -2.35. The van der Waals surface area contributed by atoms with Crippen LogP contribution in [0.1, 0.15) is 11.1 Å². The Morgan fingerprint density at radius 2 is 1.76 bits per heavy atom. The number of aromatic nitrogens is 2. The second-order valence-electron chi connectivity index (χ2n) is 7.72. The first kappa shape index (κ1) is 23.7. The molecule has 1 saturated heterocycles. The van der Waals surface area contributed by atoms with Gasteiger partial charge in [0.15, 0.2) is 0 Å². The number of hydrogen-bond acceptors (Lipinski definition) is 7.